The van der Waals surface area contributed by atoms with Gasteiger partial charge < -0.3 is 19.4 Å². The lowest BCUT2D eigenvalue weighted by molar-refractivity contribution is 0.310. The van der Waals surface area contributed by atoms with Crippen molar-refractivity contribution >= 4 is 17.3 Å². The van der Waals surface area contributed by atoms with Crippen LogP contribution in [0, 0.1) is 0 Å². The number of thiocarbonyl (C=S) groups is 1. The summed E-state index contributed by atoms with van der Waals surface area (Å²) in [6, 6.07) is 17.7. The van der Waals surface area contributed by atoms with Crippen molar-refractivity contribution in [2.45, 2.75) is 19.0 Å². The molecule has 5 nitrogen and oxygen atoms in total. The highest BCUT2D eigenvalue weighted by Crippen LogP contribution is 2.39. The zero-order valence-electron chi connectivity index (χ0n) is 15.3. The Hall–Kier alpha value is -2.86. The van der Waals surface area contributed by atoms with E-state index in [4.69, 9.17) is 21.4 Å². The Labute approximate surface area is 164 Å². The van der Waals surface area contributed by atoms with E-state index in [1.807, 2.05) is 73.5 Å². The normalized spacial score (nSPS) is 19.2. The Kier molecular flexibility index (Phi) is 4.81. The fourth-order valence-electron chi connectivity index (χ4n) is 3.36. The van der Waals surface area contributed by atoms with Gasteiger partial charge in [0.2, 0.25) is 0 Å². The summed E-state index contributed by atoms with van der Waals surface area (Å²) in [5, 5.41) is 4.05. The number of ether oxygens (including phenoxy) is 1. The van der Waals surface area contributed by atoms with Gasteiger partial charge in [0, 0.05) is 18.8 Å². The molecule has 0 saturated carbocycles. The number of likely N-dealkylation sites (N-methyl/N-ethyl adjacent to an activating group) is 1. The number of pyridine rings is 1. The number of aromatic nitrogens is 1. The maximum absolute atomic E-state index is 6.21. The summed E-state index contributed by atoms with van der Waals surface area (Å²) in [5.41, 5.74) is 1.95. The molecule has 6 heteroatoms. The van der Waals surface area contributed by atoms with Crippen molar-refractivity contribution in [2.75, 3.05) is 13.7 Å². The highest BCUT2D eigenvalue weighted by atomic mass is 32.1. The number of furan rings is 1. The van der Waals surface area contributed by atoms with Crippen molar-refractivity contribution < 1.29 is 9.15 Å². The number of hydrogen-bond donors (Lipinski definition) is 1. The molecule has 1 saturated heterocycles. The first-order valence-electron chi connectivity index (χ1n) is 8.94. The first-order chi connectivity index (χ1) is 13.2. The van der Waals surface area contributed by atoms with Gasteiger partial charge in [-0.15, -0.1) is 0 Å². The highest BCUT2D eigenvalue weighted by Gasteiger charge is 2.39. The van der Waals surface area contributed by atoms with Crippen LogP contribution in [0.4, 0.5) is 0 Å². The molecule has 138 valence electrons. The van der Waals surface area contributed by atoms with Crippen LogP contribution < -0.4 is 10.1 Å². The molecule has 0 spiro atoms. The first kappa shape index (κ1) is 17.5. The van der Waals surface area contributed by atoms with Gasteiger partial charge in [0.1, 0.15) is 23.3 Å². The molecular formula is C21H21N3O2S. The third-order valence-corrected chi connectivity index (χ3v) is 5.11. The van der Waals surface area contributed by atoms with Crippen LogP contribution in [0.2, 0.25) is 0 Å². The zero-order valence-corrected chi connectivity index (χ0v) is 16.1. The smallest absolute Gasteiger partial charge is 0.170 e. The SMILES string of the molecule is CCOc1ccc(-c2ccc([C@H]3[C@H](c4ccccn4)NC(=S)N3C)o2)cc1. The minimum atomic E-state index is -0.0527. The predicted molar refractivity (Wildman–Crippen MR) is 109 cm³/mol. The highest BCUT2D eigenvalue weighted by molar-refractivity contribution is 7.80. The summed E-state index contributed by atoms with van der Waals surface area (Å²) in [5.74, 6) is 2.52. The molecule has 1 N–H and O–H groups in total. The molecule has 27 heavy (non-hydrogen) atoms. The van der Waals surface area contributed by atoms with E-state index in [1.165, 1.54) is 0 Å². The third-order valence-electron chi connectivity index (χ3n) is 4.71. The molecule has 3 aromatic rings. The summed E-state index contributed by atoms with van der Waals surface area (Å²) in [6.45, 7) is 2.63. The molecule has 2 aromatic heterocycles. The van der Waals surface area contributed by atoms with Crippen molar-refractivity contribution in [1.82, 2.24) is 15.2 Å². The van der Waals surface area contributed by atoms with Crippen molar-refractivity contribution in [3.05, 3.63) is 72.2 Å². The lowest BCUT2D eigenvalue weighted by atomic mass is 10.0. The van der Waals surface area contributed by atoms with E-state index in [-0.39, 0.29) is 12.1 Å². The lowest BCUT2D eigenvalue weighted by Crippen LogP contribution is -2.24. The van der Waals surface area contributed by atoms with E-state index < -0.39 is 0 Å². The van der Waals surface area contributed by atoms with Crippen LogP contribution in [-0.4, -0.2) is 28.7 Å². The van der Waals surface area contributed by atoms with Crippen LogP contribution in [0.15, 0.2) is 65.2 Å². The first-order valence-corrected chi connectivity index (χ1v) is 9.35. The lowest BCUT2D eigenvalue weighted by Gasteiger charge is -2.21. The molecular weight excluding hydrogens is 358 g/mol. The molecule has 4 rings (SSSR count). The van der Waals surface area contributed by atoms with E-state index in [0.717, 1.165) is 28.5 Å². The minimum Gasteiger partial charge on any atom is -0.494 e. The van der Waals surface area contributed by atoms with E-state index in [1.54, 1.807) is 6.20 Å². The van der Waals surface area contributed by atoms with Gasteiger partial charge in [-0.3, -0.25) is 4.98 Å². The van der Waals surface area contributed by atoms with Gasteiger partial charge in [-0.2, -0.15) is 0 Å². The summed E-state index contributed by atoms with van der Waals surface area (Å²) in [7, 11) is 1.97. The third kappa shape index (κ3) is 3.40. The van der Waals surface area contributed by atoms with E-state index >= 15 is 0 Å². The quantitative estimate of drug-likeness (QED) is 0.666. The van der Waals surface area contributed by atoms with Crippen LogP contribution in [0.25, 0.3) is 11.3 Å². The van der Waals surface area contributed by atoms with Crippen LogP contribution in [0.1, 0.15) is 30.5 Å². The van der Waals surface area contributed by atoms with Crippen LogP contribution in [-0.2, 0) is 0 Å². The second-order valence-corrected chi connectivity index (χ2v) is 6.78. The predicted octanol–water partition coefficient (Wildman–Crippen LogP) is 4.34. The zero-order chi connectivity index (χ0) is 18.8. The van der Waals surface area contributed by atoms with E-state index in [0.29, 0.717) is 11.7 Å². The Morgan fingerprint density at radius 1 is 1.15 bits per heavy atom. The number of nitrogens with one attached hydrogen (secondary N) is 1. The maximum atomic E-state index is 6.21. The summed E-state index contributed by atoms with van der Waals surface area (Å²) >= 11 is 5.47. The summed E-state index contributed by atoms with van der Waals surface area (Å²) < 4.78 is 11.7. The summed E-state index contributed by atoms with van der Waals surface area (Å²) in [6.07, 6.45) is 1.79. The van der Waals surface area contributed by atoms with Crippen molar-refractivity contribution in [1.29, 1.82) is 0 Å². The van der Waals surface area contributed by atoms with Gasteiger partial charge in [0.15, 0.2) is 5.11 Å². The number of benzene rings is 1. The molecule has 0 amide bonds. The van der Waals surface area contributed by atoms with Gasteiger partial charge in [0.25, 0.3) is 0 Å². The number of nitrogens with zero attached hydrogens (tertiary/aromatic N) is 2. The Morgan fingerprint density at radius 3 is 2.67 bits per heavy atom. The van der Waals surface area contributed by atoms with Crippen LogP contribution in [0.3, 0.4) is 0 Å². The monoisotopic (exact) mass is 379 g/mol. The van der Waals surface area contributed by atoms with E-state index in [9.17, 15) is 0 Å². The fourth-order valence-corrected chi connectivity index (χ4v) is 3.60. The van der Waals surface area contributed by atoms with Crippen molar-refractivity contribution in [3.8, 4) is 17.1 Å². The van der Waals surface area contributed by atoms with Crippen molar-refractivity contribution in [3.63, 3.8) is 0 Å². The topological polar surface area (TPSA) is 50.5 Å². The molecule has 1 aliphatic rings. The molecule has 0 bridgehead atoms. The number of rotatable bonds is 5. The number of hydrogen-bond acceptors (Lipinski definition) is 4. The Bertz CT molecular complexity index is 924. The molecule has 1 aromatic carbocycles. The molecule has 3 heterocycles. The second kappa shape index (κ2) is 7.40. The summed E-state index contributed by atoms with van der Waals surface area (Å²) in [4.78, 5) is 6.52. The standard InChI is InChI=1S/C21H21N3O2S/c1-3-25-15-9-7-14(8-10-15)17-11-12-18(26-17)20-19(23-21(27)24(20)2)16-6-4-5-13-22-16/h4-13,19-20H,3H2,1-2H3,(H,23,27)/t19-,20-/m0/s1. The molecule has 0 unspecified atom stereocenters. The minimum absolute atomic E-state index is 0.0520. The second-order valence-electron chi connectivity index (χ2n) is 6.40. The largest absolute Gasteiger partial charge is 0.494 e. The molecule has 0 aliphatic carbocycles. The van der Waals surface area contributed by atoms with Gasteiger partial charge in [-0.05, 0) is 67.7 Å². The van der Waals surface area contributed by atoms with Gasteiger partial charge in [-0.25, -0.2) is 0 Å². The van der Waals surface area contributed by atoms with Crippen LogP contribution >= 0.6 is 12.2 Å². The van der Waals surface area contributed by atoms with Gasteiger partial charge >= 0.3 is 0 Å². The molecule has 0 radical (unpaired) electrons. The van der Waals surface area contributed by atoms with Crippen molar-refractivity contribution in [2.24, 2.45) is 0 Å². The molecule has 1 aliphatic heterocycles. The van der Waals surface area contributed by atoms with Gasteiger partial charge in [0.05, 0.1) is 18.3 Å². The average Bonchev–Trinajstić information content (AvgIpc) is 3.29. The Balaban J connectivity index is 1.63. The molecule has 1 fully saturated rings. The van der Waals surface area contributed by atoms with Crippen LogP contribution in [0.5, 0.6) is 5.75 Å². The maximum Gasteiger partial charge on any atom is 0.170 e. The Morgan fingerprint density at radius 2 is 1.96 bits per heavy atom. The van der Waals surface area contributed by atoms with E-state index in [2.05, 4.69) is 10.3 Å². The van der Waals surface area contributed by atoms with Gasteiger partial charge in [-0.1, -0.05) is 6.07 Å². The molecule has 2 atom stereocenters. The average molecular weight is 379 g/mol. The fraction of sp³-hybridized carbons (Fsp3) is 0.238.